The van der Waals surface area contributed by atoms with Crippen molar-refractivity contribution in [2.24, 2.45) is 0 Å². The molecule has 2 aromatic heterocycles. The second-order valence-corrected chi connectivity index (χ2v) is 6.69. The van der Waals surface area contributed by atoms with Crippen LogP contribution in [-0.2, 0) is 0 Å². The summed E-state index contributed by atoms with van der Waals surface area (Å²) in [6.45, 7) is 1.91. The van der Waals surface area contributed by atoms with Gasteiger partial charge in [-0.15, -0.1) is 0 Å². The van der Waals surface area contributed by atoms with Gasteiger partial charge in [0, 0.05) is 35.0 Å². The summed E-state index contributed by atoms with van der Waals surface area (Å²) in [5.74, 6) is 1.90. The van der Waals surface area contributed by atoms with Crippen LogP contribution in [0, 0.1) is 6.92 Å². The normalized spacial score (nSPS) is 10.9. The molecule has 0 saturated carbocycles. The van der Waals surface area contributed by atoms with Crippen LogP contribution in [0.4, 0.5) is 11.4 Å². The van der Waals surface area contributed by atoms with Gasteiger partial charge in [0.15, 0.2) is 11.5 Å². The van der Waals surface area contributed by atoms with Crippen LogP contribution in [0.15, 0.2) is 48.8 Å². The second-order valence-electron chi connectivity index (χ2n) is 6.69. The van der Waals surface area contributed by atoms with Gasteiger partial charge in [-0.1, -0.05) is 6.07 Å². The van der Waals surface area contributed by atoms with Gasteiger partial charge in [0.2, 0.25) is 0 Å². The molecule has 0 spiro atoms. The first-order chi connectivity index (χ1) is 14.0. The van der Waals surface area contributed by atoms with E-state index in [1.807, 2.05) is 43.3 Å². The average molecular weight is 387 g/mol. The van der Waals surface area contributed by atoms with Crippen LogP contribution in [0.1, 0.15) is 5.56 Å². The van der Waals surface area contributed by atoms with Crippen LogP contribution in [0.2, 0.25) is 0 Å². The van der Waals surface area contributed by atoms with Crippen molar-refractivity contribution in [1.82, 2.24) is 15.0 Å². The number of nitrogens with zero attached hydrogens (tertiary/aromatic N) is 3. The Labute approximate surface area is 168 Å². The van der Waals surface area contributed by atoms with E-state index in [-0.39, 0.29) is 0 Å². The number of ether oxygens (including phenoxy) is 2. The molecule has 7 heteroatoms. The summed E-state index contributed by atoms with van der Waals surface area (Å²) < 4.78 is 10.7. The number of anilines is 2. The minimum Gasteiger partial charge on any atom is -0.497 e. The van der Waals surface area contributed by atoms with E-state index in [4.69, 9.17) is 20.9 Å². The van der Waals surface area contributed by atoms with E-state index in [9.17, 15) is 0 Å². The first kappa shape index (κ1) is 18.5. The highest BCUT2D eigenvalue weighted by atomic mass is 16.5. The van der Waals surface area contributed by atoms with Crippen molar-refractivity contribution in [3.8, 4) is 34.0 Å². The predicted octanol–water partition coefficient (Wildman–Crippen LogP) is 3.85. The number of hydrogen-bond acceptors (Lipinski definition) is 7. The summed E-state index contributed by atoms with van der Waals surface area (Å²) in [4.78, 5) is 13.6. The van der Waals surface area contributed by atoms with Crippen molar-refractivity contribution in [2.75, 3.05) is 25.7 Å². The van der Waals surface area contributed by atoms with E-state index in [0.29, 0.717) is 39.9 Å². The molecule has 4 rings (SSSR count). The van der Waals surface area contributed by atoms with Gasteiger partial charge in [-0.3, -0.25) is 0 Å². The largest absolute Gasteiger partial charge is 0.497 e. The van der Waals surface area contributed by atoms with Crippen molar-refractivity contribution in [1.29, 1.82) is 0 Å². The van der Waals surface area contributed by atoms with Crippen LogP contribution in [0.5, 0.6) is 11.5 Å². The number of hydrogen-bond donors (Lipinski definition) is 2. The fourth-order valence-electron chi connectivity index (χ4n) is 3.12. The van der Waals surface area contributed by atoms with Crippen LogP contribution in [0.25, 0.3) is 33.5 Å². The molecule has 2 heterocycles. The zero-order valence-corrected chi connectivity index (χ0v) is 16.4. The highest BCUT2D eigenvalue weighted by Crippen LogP contribution is 2.32. The van der Waals surface area contributed by atoms with E-state index in [1.165, 1.54) is 0 Å². The molecule has 0 aliphatic heterocycles. The molecule has 0 saturated heterocycles. The van der Waals surface area contributed by atoms with Gasteiger partial charge >= 0.3 is 0 Å². The van der Waals surface area contributed by atoms with E-state index >= 15 is 0 Å². The van der Waals surface area contributed by atoms with Crippen molar-refractivity contribution in [3.63, 3.8) is 0 Å². The van der Waals surface area contributed by atoms with E-state index in [1.54, 1.807) is 26.6 Å². The van der Waals surface area contributed by atoms with Crippen LogP contribution in [-0.4, -0.2) is 29.2 Å². The predicted molar refractivity (Wildman–Crippen MR) is 115 cm³/mol. The maximum atomic E-state index is 6.17. The SMILES string of the molecule is COc1cc(OC)cc(-c2cnc3nc(-c4ccc(C)c(N)c4N)ncc3c2)c1. The topological polar surface area (TPSA) is 109 Å². The van der Waals surface area contributed by atoms with E-state index in [0.717, 1.165) is 22.1 Å². The lowest BCUT2D eigenvalue weighted by atomic mass is 10.1. The zero-order chi connectivity index (χ0) is 20.5. The van der Waals surface area contributed by atoms with E-state index in [2.05, 4.69) is 15.0 Å². The summed E-state index contributed by atoms with van der Waals surface area (Å²) in [6, 6.07) is 11.4. The zero-order valence-electron chi connectivity index (χ0n) is 16.4. The molecule has 4 aromatic rings. The number of aromatic nitrogens is 3. The maximum Gasteiger partial charge on any atom is 0.163 e. The van der Waals surface area contributed by atoms with Gasteiger partial charge in [0.1, 0.15) is 11.5 Å². The third kappa shape index (κ3) is 3.38. The monoisotopic (exact) mass is 387 g/mol. The van der Waals surface area contributed by atoms with Gasteiger partial charge < -0.3 is 20.9 Å². The van der Waals surface area contributed by atoms with Crippen molar-refractivity contribution < 1.29 is 9.47 Å². The number of nitrogen functional groups attached to an aromatic ring is 2. The Morgan fingerprint density at radius 1 is 0.793 bits per heavy atom. The first-order valence-corrected chi connectivity index (χ1v) is 9.01. The van der Waals surface area contributed by atoms with Crippen molar-refractivity contribution >= 4 is 22.4 Å². The van der Waals surface area contributed by atoms with Gasteiger partial charge in [-0.2, -0.15) is 0 Å². The molecular weight excluding hydrogens is 366 g/mol. The molecule has 0 atom stereocenters. The number of aryl methyl sites for hydroxylation is 1. The molecule has 0 aliphatic rings. The van der Waals surface area contributed by atoms with Crippen LogP contribution >= 0.6 is 0 Å². The minimum atomic E-state index is 0.476. The molecule has 146 valence electrons. The molecule has 4 N–H and O–H groups in total. The molecule has 0 radical (unpaired) electrons. The molecule has 0 fully saturated rings. The van der Waals surface area contributed by atoms with Gasteiger partial charge in [0.25, 0.3) is 0 Å². The molecule has 0 amide bonds. The van der Waals surface area contributed by atoms with E-state index < -0.39 is 0 Å². The van der Waals surface area contributed by atoms with Crippen molar-refractivity contribution in [2.45, 2.75) is 6.92 Å². The lowest BCUT2D eigenvalue weighted by molar-refractivity contribution is 0.394. The molecule has 7 nitrogen and oxygen atoms in total. The number of rotatable bonds is 4. The molecular formula is C22H21N5O2. The lowest BCUT2D eigenvalue weighted by Gasteiger charge is -2.11. The number of pyridine rings is 1. The van der Waals surface area contributed by atoms with Gasteiger partial charge in [-0.25, -0.2) is 15.0 Å². The summed E-state index contributed by atoms with van der Waals surface area (Å²) in [5.41, 5.74) is 17.3. The third-order valence-electron chi connectivity index (χ3n) is 4.86. The Kier molecular flexibility index (Phi) is 4.64. The number of benzene rings is 2. The summed E-state index contributed by atoms with van der Waals surface area (Å²) in [6.07, 6.45) is 3.50. The summed E-state index contributed by atoms with van der Waals surface area (Å²) in [5, 5.41) is 0.812. The molecule has 0 bridgehead atoms. The Hall–Kier alpha value is -3.87. The highest BCUT2D eigenvalue weighted by molar-refractivity contribution is 5.86. The Bertz CT molecular complexity index is 1200. The first-order valence-electron chi connectivity index (χ1n) is 9.01. The molecule has 2 aromatic carbocycles. The minimum absolute atomic E-state index is 0.476. The molecule has 29 heavy (non-hydrogen) atoms. The lowest BCUT2D eigenvalue weighted by Crippen LogP contribution is -2.02. The maximum absolute atomic E-state index is 6.17. The Balaban J connectivity index is 1.78. The van der Waals surface area contributed by atoms with Gasteiger partial charge in [-0.05, 0) is 42.3 Å². The highest BCUT2D eigenvalue weighted by Gasteiger charge is 2.12. The van der Waals surface area contributed by atoms with Gasteiger partial charge in [0.05, 0.1) is 25.6 Å². The fourth-order valence-corrected chi connectivity index (χ4v) is 3.12. The molecule has 0 aliphatic carbocycles. The number of nitrogens with two attached hydrogens (primary N) is 2. The quantitative estimate of drug-likeness (QED) is 0.512. The Morgan fingerprint density at radius 2 is 1.52 bits per heavy atom. The standard InChI is InChI=1S/C22H21N5O2/c1-12-4-5-18(20(24)19(12)23)22-26-11-15-6-14(10-25-21(15)27-22)13-7-16(28-2)9-17(8-13)29-3/h4-11H,23-24H2,1-3H3. The van der Waals surface area contributed by atoms with Crippen LogP contribution < -0.4 is 20.9 Å². The second kappa shape index (κ2) is 7.27. The third-order valence-corrected chi connectivity index (χ3v) is 4.86. The summed E-state index contributed by atoms with van der Waals surface area (Å²) in [7, 11) is 3.24. The average Bonchev–Trinajstić information content (AvgIpc) is 2.76. The Morgan fingerprint density at radius 3 is 2.21 bits per heavy atom. The van der Waals surface area contributed by atoms with Crippen LogP contribution in [0.3, 0.4) is 0 Å². The number of fused-ring (bicyclic) bond motifs is 1. The van der Waals surface area contributed by atoms with Crippen molar-refractivity contribution in [3.05, 3.63) is 54.4 Å². The fraction of sp³-hybridized carbons (Fsp3) is 0.136. The summed E-state index contributed by atoms with van der Waals surface area (Å²) >= 11 is 0. The smallest absolute Gasteiger partial charge is 0.163 e. The molecule has 0 unspecified atom stereocenters. The number of methoxy groups -OCH3 is 2.